The Morgan fingerprint density at radius 3 is 1.62 bits per heavy atom. The van der Waals surface area contributed by atoms with Crippen molar-refractivity contribution < 1.29 is 20.5 Å². The number of aldehydes is 2. The average molecular weight is 178 g/mol. The molecule has 4 nitrogen and oxygen atoms in total. The Kier molecular flexibility index (Phi) is 6.62. The fraction of sp³-hybridized carbons (Fsp3) is 0. The molecule has 1 rings (SSSR count). The maximum atomic E-state index is 10.3. The van der Waals surface area contributed by atoms with Gasteiger partial charge in [0, 0.05) is 0 Å². The van der Waals surface area contributed by atoms with E-state index in [1.54, 1.807) is 0 Å². The van der Waals surface area contributed by atoms with Gasteiger partial charge in [-0.25, -0.2) is 0 Å². The molecule has 1 aromatic carbocycles. The minimum absolute atomic E-state index is 0. The van der Waals surface area contributed by atoms with Crippen molar-refractivity contribution in [2.45, 2.75) is 0 Å². The van der Waals surface area contributed by atoms with E-state index in [2.05, 4.69) is 0 Å². The number of benzene rings is 1. The maximum absolute atomic E-state index is 10.3. The van der Waals surface area contributed by atoms with E-state index < -0.39 is 0 Å². The quantitative estimate of drug-likeness (QED) is 0.460. The van der Waals surface area contributed by atoms with Crippen molar-refractivity contribution in [3.63, 3.8) is 0 Å². The molecule has 0 aliphatic carbocycles. The van der Waals surface area contributed by atoms with Gasteiger partial charge in [0.2, 0.25) is 0 Å². The molecule has 0 saturated heterocycles. The van der Waals surface area contributed by atoms with Gasteiger partial charge in [0.1, 0.15) is 0 Å². The molecule has 66 valence electrons. The fourth-order valence-electron chi connectivity index (χ4n) is 0.838. The summed E-state index contributed by atoms with van der Waals surface area (Å²) in [6, 6.07) is 4.51. The van der Waals surface area contributed by atoms with E-state index in [1.807, 2.05) is 0 Å². The molecule has 0 radical (unpaired) electrons. The molecule has 0 aromatic heterocycles. The van der Waals surface area contributed by atoms with Crippen LogP contribution in [0.4, 0.5) is 0 Å². The summed E-state index contributed by atoms with van der Waals surface area (Å²) in [4.78, 5) is 20.5. The molecule has 2 N–H and O–H groups in total. The summed E-state index contributed by atoms with van der Waals surface area (Å²) in [5.41, 5.74) is 1.27. The Bertz CT molecular complexity index is 272. The first-order valence-electron chi connectivity index (χ1n) is 3.07. The standard InChI is InChI=1S/C8H5BO2.2H2O/c9-8-2-6(4-10)1-7(3-8)5-11;;/h1-5H;2*1H2/q+2;;/p-2. The van der Waals surface area contributed by atoms with Gasteiger partial charge in [-0.15, -0.1) is 0 Å². The Hall–Kier alpha value is -1.46. The van der Waals surface area contributed by atoms with Crippen molar-refractivity contribution in [1.82, 2.24) is 0 Å². The molecule has 0 unspecified atom stereocenters. The number of carbonyl (C=O) groups is 2. The molecule has 0 amide bonds. The molecule has 13 heavy (non-hydrogen) atoms. The third-order valence-corrected chi connectivity index (χ3v) is 1.27. The molecular weight excluding hydrogens is 171 g/mol. The number of carbonyl (C=O) groups excluding carboxylic acids is 2. The zero-order valence-electron chi connectivity index (χ0n) is 6.68. The molecule has 0 spiro atoms. The van der Waals surface area contributed by atoms with E-state index in [9.17, 15) is 9.59 Å². The van der Waals surface area contributed by atoms with Gasteiger partial charge in [-0.05, 0) is 0 Å². The van der Waals surface area contributed by atoms with Crippen LogP contribution in [0, 0.1) is 0 Å². The Morgan fingerprint density at radius 2 is 1.31 bits per heavy atom. The van der Waals surface area contributed by atoms with Gasteiger partial charge in [0.25, 0.3) is 0 Å². The smallest absolute Gasteiger partial charge is 0.870 e. The van der Waals surface area contributed by atoms with E-state index in [4.69, 9.17) is 7.85 Å². The third kappa shape index (κ3) is 3.64. The number of rotatable bonds is 2. The van der Waals surface area contributed by atoms with Crippen LogP contribution in [0.2, 0.25) is 0 Å². The predicted octanol–water partition coefficient (Wildman–Crippen LogP) is -0.248. The monoisotopic (exact) mass is 178 g/mol. The third-order valence-electron chi connectivity index (χ3n) is 1.27. The molecule has 0 saturated carbocycles. The summed E-state index contributed by atoms with van der Waals surface area (Å²) >= 11 is 0. The fourth-order valence-corrected chi connectivity index (χ4v) is 0.838. The SMILES string of the molecule is [B+2]c1cc(C=O)cc(C=O)c1.[OH-].[OH-]. The summed E-state index contributed by atoms with van der Waals surface area (Å²) in [5, 5.41) is 0. The number of hydrogen-bond acceptors (Lipinski definition) is 4. The summed E-state index contributed by atoms with van der Waals surface area (Å²) in [6.45, 7) is 0. The molecular formula is C8H7BO4. The van der Waals surface area contributed by atoms with Gasteiger partial charge in [0.15, 0.2) is 0 Å². The molecule has 0 bridgehead atoms. The Morgan fingerprint density at radius 1 is 0.923 bits per heavy atom. The Balaban J connectivity index is 0. The van der Waals surface area contributed by atoms with Gasteiger partial charge in [-0.1, -0.05) is 0 Å². The van der Waals surface area contributed by atoms with Crippen LogP contribution in [0.1, 0.15) is 20.7 Å². The van der Waals surface area contributed by atoms with Gasteiger partial charge in [-0.3, -0.25) is 0 Å². The van der Waals surface area contributed by atoms with Crippen molar-refractivity contribution >= 4 is 25.9 Å². The number of hydrogen-bond donors (Lipinski definition) is 0. The van der Waals surface area contributed by atoms with Crippen LogP contribution >= 0.6 is 0 Å². The Labute approximate surface area is 76.6 Å². The largest absolute Gasteiger partial charge is 0.870 e. The van der Waals surface area contributed by atoms with E-state index >= 15 is 0 Å². The predicted molar refractivity (Wildman–Crippen MR) is 46.5 cm³/mol. The molecule has 5 heteroatoms. The molecule has 0 atom stereocenters. The summed E-state index contributed by atoms with van der Waals surface area (Å²) in [5.74, 6) is 0. The van der Waals surface area contributed by atoms with Crippen molar-refractivity contribution in [3.05, 3.63) is 29.3 Å². The van der Waals surface area contributed by atoms with Crippen LogP contribution < -0.4 is 5.46 Å². The van der Waals surface area contributed by atoms with E-state index in [-0.39, 0.29) is 11.0 Å². The van der Waals surface area contributed by atoms with Crippen molar-refractivity contribution in [3.8, 4) is 0 Å². The van der Waals surface area contributed by atoms with E-state index in [0.717, 1.165) is 0 Å². The second-order valence-electron chi connectivity index (χ2n) is 2.17. The zero-order chi connectivity index (χ0) is 8.27. The molecule has 0 aliphatic rings. The van der Waals surface area contributed by atoms with Gasteiger partial charge >= 0.3 is 64.8 Å². The minimum Gasteiger partial charge on any atom is -0.870 e. The maximum Gasteiger partial charge on any atom is -0.870 e. The van der Waals surface area contributed by atoms with Gasteiger partial charge in [-0.2, -0.15) is 0 Å². The van der Waals surface area contributed by atoms with Gasteiger partial charge < -0.3 is 11.0 Å². The minimum atomic E-state index is 0. The van der Waals surface area contributed by atoms with Crippen molar-refractivity contribution in [2.24, 2.45) is 0 Å². The van der Waals surface area contributed by atoms with E-state index in [0.29, 0.717) is 29.2 Å². The summed E-state index contributed by atoms with van der Waals surface area (Å²) in [7, 11) is 5.39. The van der Waals surface area contributed by atoms with Crippen molar-refractivity contribution in [1.29, 1.82) is 0 Å². The molecule has 0 heterocycles. The summed E-state index contributed by atoms with van der Waals surface area (Å²) < 4.78 is 0. The second kappa shape index (κ2) is 6.10. The summed E-state index contributed by atoms with van der Waals surface area (Å²) in [6.07, 6.45) is 1.31. The zero-order valence-corrected chi connectivity index (χ0v) is 6.68. The van der Waals surface area contributed by atoms with Crippen LogP contribution in [-0.2, 0) is 0 Å². The first-order valence-corrected chi connectivity index (χ1v) is 3.07. The van der Waals surface area contributed by atoms with Gasteiger partial charge in [0.05, 0.1) is 0 Å². The van der Waals surface area contributed by atoms with Crippen LogP contribution in [-0.4, -0.2) is 31.4 Å². The van der Waals surface area contributed by atoms with Crippen LogP contribution in [0.25, 0.3) is 0 Å². The molecule has 0 fully saturated rings. The first kappa shape index (κ1) is 14.1. The van der Waals surface area contributed by atoms with Crippen LogP contribution in [0.5, 0.6) is 0 Å². The normalized spacial score (nSPS) is 7.85. The first-order chi connectivity index (χ1) is 5.26. The van der Waals surface area contributed by atoms with Crippen molar-refractivity contribution in [2.75, 3.05) is 0 Å². The van der Waals surface area contributed by atoms with Crippen LogP contribution in [0.3, 0.4) is 0 Å². The molecule has 1 aromatic rings. The topological polar surface area (TPSA) is 94.1 Å². The second-order valence-corrected chi connectivity index (χ2v) is 2.17. The average Bonchev–Trinajstić information content (AvgIpc) is 2.03. The van der Waals surface area contributed by atoms with E-state index in [1.165, 1.54) is 18.2 Å². The van der Waals surface area contributed by atoms with Crippen LogP contribution in [0.15, 0.2) is 18.2 Å². The molecule has 0 aliphatic heterocycles.